The molecule has 4 N–H and O–H groups in total. The molecule has 1 fully saturated rings. The summed E-state index contributed by atoms with van der Waals surface area (Å²) in [5.41, 5.74) is 5.76. The van der Waals surface area contributed by atoms with E-state index in [0.717, 1.165) is 38.5 Å². The van der Waals surface area contributed by atoms with E-state index in [1.54, 1.807) is 12.3 Å². The first-order valence-electron chi connectivity index (χ1n) is 10.2. The number of rotatable bonds is 6. The van der Waals surface area contributed by atoms with Crippen LogP contribution in [0.2, 0.25) is 0 Å². The Bertz CT molecular complexity index is 1080. The van der Waals surface area contributed by atoms with Gasteiger partial charge in [-0.15, -0.1) is 24.8 Å². The Kier molecular flexibility index (Phi) is 8.93. The quantitative estimate of drug-likeness (QED) is 0.416. The maximum Gasteiger partial charge on any atom is 0.418 e. The van der Waals surface area contributed by atoms with Gasteiger partial charge in [-0.2, -0.15) is 18.2 Å². The summed E-state index contributed by atoms with van der Waals surface area (Å²) in [6, 6.07) is 7.60. The van der Waals surface area contributed by atoms with Crippen LogP contribution in [0.1, 0.15) is 25.3 Å². The Morgan fingerprint density at radius 2 is 1.97 bits per heavy atom. The zero-order chi connectivity index (χ0) is 22.0. The average molecular weight is 504 g/mol. The van der Waals surface area contributed by atoms with Crippen molar-refractivity contribution in [3.63, 3.8) is 0 Å². The lowest BCUT2D eigenvalue weighted by atomic mass is 10.1. The molecule has 0 saturated carbocycles. The minimum absolute atomic E-state index is 0. The highest BCUT2D eigenvalue weighted by molar-refractivity contribution is 5.87. The van der Waals surface area contributed by atoms with Crippen molar-refractivity contribution < 1.29 is 13.2 Å². The predicted molar refractivity (Wildman–Crippen MR) is 130 cm³/mol. The Balaban J connectivity index is 0.00000193. The summed E-state index contributed by atoms with van der Waals surface area (Å²) in [4.78, 5) is 15.6. The van der Waals surface area contributed by atoms with E-state index in [1.807, 2.05) is 6.07 Å². The third kappa shape index (κ3) is 6.07. The SMILES string of the molecule is CCCNC1CCN(c2nc(Nc3ccc(N)c(C(F)(F)F)c3)nc3cccnc23)C1.Cl.Cl. The van der Waals surface area contributed by atoms with Gasteiger partial charge in [-0.3, -0.25) is 4.98 Å². The molecule has 7 nitrogen and oxygen atoms in total. The summed E-state index contributed by atoms with van der Waals surface area (Å²) in [5.74, 6) is 0.874. The molecule has 1 aliphatic rings. The number of hydrogen-bond donors (Lipinski definition) is 3. The molecule has 1 aromatic carbocycles. The first-order valence-corrected chi connectivity index (χ1v) is 10.2. The number of fused-ring (bicyclic) bond motifs is 1. The minimum Gasteiger partial charge on any atom is -0.398 e. The lowest BCUT2D eigenvalue weighted by Gasteiger charge is -2.20. The molecule has 3 aromatic rings. The number of alkyl halides is 3. The smallest absolute Gasteiger partial charge is 0.398 e. The van der Waals surface area contributed by atoms with Crippen molar-refractivity contribution in [3.8, 4) is 0 Å². The number of nitrogens with two attached hydrogens (primary N) is 1. The molecule has 2 aromatic heterocycles. The van der Waals surface area contributed by atoms with Crippen molar-refractivity contribution in [2.45, 2.75) is 32.0 Å². The monoisotopic (exact) mass is 503 g/mol. The van der Waals surface area contributed by atoms with Gasteiger partial charge in [0.2, 0.25) is 5.95 Å². The van der Waals surface area contributed by atoms with Gasteiger partial charge in [0.25, 0.3) is 0 Å². The fraction of sp³-hybridized carbons (Fsp3) is 0.381. The van der Waals surface area contributed by atoms with E-state index in [-0.39, 0.29) is 42.1 Å². The number of aromatic nitrogens is 3. The van der Waals surface area contributed by atoms with Crippen molar-refractivity contribution >= 4 is 59.0 Å². The zero-order valence-electron chi connectivity index (χ0n) is 17.9. The molecule has 0 spiro atoms. The molecule has 0 radical (unpaired) electrons. The van der Waals surface area contributed by atoms with Gasteiger partial charge in [0, 0.05) is 36.7 Å². The molecule has 1 saturated heterocycles. The minimum atomic E-state index is -4.54. The van der Waals surface area contributed by atoms with E-state index in [9.17, 15) is 13.2 Å². The second-order valence-corrected chi connectivity index (χ2v) is 7.55. The van der Waals surface area contributed by atoms with Gasteiger partial charge in [0.1, 0.15) is 5.52 Å². The Labute approximate surface area is 202 Å². The summed E-state index contributed by atoms with van der Waals surface area (Å²) < 4.78 is 39.6. The van der Waals surface area contributed by atoms with Gasteiger partial charge < -0.3 is 21.3 Å². The van der Waals surface area contributed by atoms with Gasteiger partial charge in [0.15, 0.2) is 5.82 Å². The number of hydrogen-bond acceptors (Lipinski definition) is 7. The van der Waals surface area contributed by atoms with Crippen molar-refractivity contribution in [1.29, 1.82) is 0 Å². The topological polar surface area (TPSA) is 92.0 Å². The normalized spacial score (nSPS) is 15.8. The van der Waals surface area contributed by atoms with Crippen LogP contribution in [0.15, 0.2) is 36.5 Å². The molecule has 180 valence electrons. The highest BCUT2D eigenvalue weighted by Gasteiger charge is 2.33. The van der Waals surface area contributed by atoms with Crippen molar-refractivity contribution in [1.82, 2.24) is 20.3 Å². The molecule has 0 bridgehead atoms. The third-order valence-electron chi connectivity index (χ3n) is 5.22. The second-order valence-electron chi connectivity index (χ2n) is 7.55. The van der Waals surface area contributed by atoms with Crippen molar-refractivity contribution in [2.24, 2.45) is 0 Å². The molecule has 0 aliphatic carbocycles. The number of nitrogen functional groups attached to an aromatic ring is 1. The Hall–Kier alpha value is -2.56. The van der Waals surface area contributed by atoms with Gasteiger partial charge in [-0.05, 0) is 49.7 Å². The second kappa shape index (κ2) is 11.0. The summed E-state index contributed by atoms with van der Waals surface area (Å²) in [5, 5.41) is 6.42. The van der Waals surface area contributed by atoms with Crippen molar-refractivity contribution in [3.05, 3.63) is 42.1 Å². The summed E-state index contributed by atoms with van der Waals surface area (Å²) in [6.45, 7) is 4.67. The van der Waals surface area contributed by atoms with Crippen LogP contribution < -0.4 is 21.3 Å². The summed E-state index contributed by atoms with van der Waals surface area (Å²) in [7, 11) is 0. The molecule has 1 aliphatic heterocycles. The highest BCUT2D eigenvalue weighted by atomic mass is 35.5. The van der Waals surface area contributed by atoms with Gasteiger partial charge in [-0.1, -0.05) is 6.92 Å². The fourth-order valence-corrected chi connectivity index (χ4v) is 3.70. The number of pyridine rings is 1. The summed E-state index contributed by atoms with van der Waals surface area (Å²) in [6.07, 6.45) is -0.823. The van der Waals surface area contributed by atoms with E-state index in [2.05, 4.69) is 37.4 Å². The van der Waals surface area contributed by atoms with Crippen LogP contribution in [-0.4, -0.2) is 40.6 Å². The summed E-state index contributed by atoms with van der Waals surface area (Å²) >= 11 is 0. The zero-order valence-corrected chi connectivity index (χ0v) is 19.5. The third-order valence-corrected chi connectivity index (χ3v) is 5.22. The van der Waals surface area contributed by atoms with Crippen LogP contribution in [0.4, 0.5) is 36.3 Å². The van der Waals surface area contributed by atoms with Crippen LogP contribution in [0.3, 0.4) is 0 Å². The largest absolute Gasteiger partial charge is 0.418 e. The molecule has 33 heavy (non-hydrogen) atoms. The number of nitrogens with one attached hydrogen (secondary N) is 2. The number of benzene rings is 1. The van der Waals surface area contributed by atoms with Crippen LogP contribution >= 0.6 is 24.8 Å². The molecule has 3 heterocycles. The molecular formula is C21H26Cl2F3N7. The van der Waals surface area contributed by atoms with Gasteiger partial charge in [-0.25, -0.2) is 4.98 Å². The first-order chi connectivity index (χ1) is 14.8. The average Bonchev–Trinajstić information content (AvgIpc) is 3.21. The van der Waals surface area contributed by atoms with Gasteiger partial charge >= 0.3 is 6.18 Å². The van der Waals surface area contributed by atoms with Crippen molar-refractivity contribution in [2.75, 3.05) is 35.6 Å². The molecule has 4 rings (SSSR count). The van der Waals surface area contributed by atoms with E-state index in [1.165, 1.54) is 12.1 Å². The lowest BCUT2D eigenvalue weighted by Crippen LogP contribution is -2.33. The number of anilines is 4. The van der Waals surface area contributed by atoms with Crippen LogP contribution in [-0.2, 0) is 6.18 Å². The number of halogens is 5. The van der Waals surface area contributed by atoms with Crippen LogP contribution in [0, 0.1) is 0 Å². The molecule has 12 heteroatoms. The molecule has 1 unspecified atom stereocenters. The van der Waals surface area contributed by atoms with E-state index >= 15 is 0 Å². The maximum atomic E-state index is 13.2. The van der Waals surface area contributed by atoms with E-state index < -0.39 is 11.7 Å². The Morgan fingerprint density at radius 1 is 1.18 bits per heavy atom. The van der Waals surface area contributed by atoms with Crippen LogP contribution in [0.5, 0.6) is 0 Å². The van der Waals surface area contributed by atoms with Gasteiger partial charge in [0.05, 0.1) is 11.1 Å². The highest BCUT2D eigenvalue weighted by Crippen LogP contribution is 2.36. The standard InChI is InChI=1S/C21H24F3N7.2ClH/c1-2-8-26-14-7-10-31(12-14)19-18-17(4-3-9-27-18)29-20(30-19)28-13-5-6-16(25)15(11-13)21(22,23)24;;/h3-6,9,11,14,26H,2,7-8,10,12,25H2,1H3,(H,28,29,30);2*1H. The molecule has 0 amide bonds. The predicted octanol–water partition coefficient (Wildman–Crippen LogP) is 4.79. The Morgan fingerprint density at radius 3 is 2.70 bits per heavy atom. The fourth-order valence-electron chi connectivity index (χ4n) is 3.70. The molecule has 1 atom stereocenters. The lowest BCUT2D eigenvalue weighted by molar-refractivity contribution is -0.136. The van der Waals surface area contributed by atoms with Crippen LogP contribution in [0.25, 0.3) is 11.0 Å². The van der Waals surface area contributed by atoms with E-state index in [4.69, 9.17) is 5.73 Å². The first kappa shape index (κ1) is 26.7. The molecular weight excluding hydrogens is 478 g/mol. The number of nitrogens with zero attached hydrogens (tertiary/aromatic N) is 4. The van der Waals surface area contributed by atoms with E-state index in [0.29, 0.717) is 22.9 Å². The maximum absolute atomic E-state index is 13.2.